The summed E-state index contributed by atoms with van der Waals surface area (Å²) in [5, 5.41) is 19.5. The van der Waals surface area contributed by atoms with E-state index in [-0.39, 0.29) is 12.1 Å². The molecular weight excluding hydrogens is 344 g/mol. The molecular formula is C16H20N4O6. The first-order valence-corrected chi connectivity index (χ1v) is 7.47. The van der Waals surface area contributed by atoms with E-state index in [9.17, 15) is 14.4 Å². The van der Waals surface area contributed by atoms with Crippen LogP contribution in [0.2, 0.25) is 0 Å². The van der Waals surface area contributed by atoms with Gasteiger partial charge in [0.05, 0.1) is 24.6 Å². The molecule has 0 fully saturated rings. The monoisotopic (exact) mass is 364 g/mol. The summed E-state index contributed by atoms with van der Waals surface area (Å²) in [5.74, 6) is -1.44. The summed E-state index contributed by atoms with van der Waals surface area (Å²) in [7, 11) is 1.50. The van der Waals surface area contributed by atoms with E-state index < -0.39 is 11.9 Å². The Balaban J connectivity index is 0.000000359. The van der Waals surface area contributed by atoms with Gasteiger partial charge in [0.25, 0.3) is 5.56 Å². The van der Waals surface area contributed by atoms with Crippen LogP contribution in [-0.2, 0) is 9.59 Å². The Morgan fingerprint density at radius 2 is 2.12 bits per heavy atom. The van der Waals surface area contributed by atoms with Gasteiger partial charge in [-0.1, -0.05) is 0 Å². The maximum atomic E-state index is 12.0. The smallest absolute Gasteiger partial charge is 0.329 e. The molecule has 0 saturated heterocycles. The highest BCUT2D eigenvalue weighted by atomic mass is 16.5. The lowest BCUT2D eigenvalue weighted by atomic mass is 10.2. The molecule has 0 aliphatic heterocycles. The number of carbonyl (C=O) groups is 2. The third kappa shape index (κ3) is 6.71. The lowest BCUT2D eigenvalue weighted by molar-refractivity contribution is -0.136. The first-order chi connectivity index (χ1) is 12.4. The quantitative estimate of drug-likeness (QED) is 0.378. The predicted molar refractivity (Wildman–Crippen MR) is 95.1 cm³/mol. The topological polar surface area (TPSA) is 157 Å². The molecule has 1 aromatic carbocycles. The first kappa shape index (κ1) is 20.8. The number of fused-ring (bicyclic) bond motifs is 1. The average molecular weight is 364 g/mol. The first-order valence-electron chi connectivity index (χ1n) is 7.47. The molecule has 0 aliphatic carbocycles. The Morgan fingerprint density at radius 3 is 2.69 bits per heavy atom. The van der Waals surface area contributed by atoms with Crippen molar-refractivity contribution in [2.45, 2.75) is 0 Å². The number of carboxylic acid groups (broad SMARTS) is 2. The molecule has 140 valence electrons. The second-order valence-electron chi connectivity index (χ2n) is 4.85. The number of aromatic nitrogens is 2. The van der Waals surface area contributed by atoms with Gasteiger partial charge in [0, 0.05) is 25.4 Å². The second-order valence-corrected chi connectivity index (χ2v) is 4.85. The van der Waals surface area contributed by atoms with Gasteiger partial charge in [0.15, 0.2) is 0 Å². The number of nitrogens with two attached hydrogens (primary N) is 1. The van der Waals surface area contributed by atoms with Crippen LogP contribution < -0.4 is 21.3 Å². The van der Waals surface area contributed by atoms with Crippen LogP contribution in [0.25, 0.3) is 17.1 Å². The molecule has 10 nitrogen and oxygen atoms in total. The molecule has 0 saturated carbocycles. The lowest BCUT2D eigenvalue weighted by Gasteiger charge is -2.03. The van der Waals surface area contributed by atoms with Crippen LogP contribution in [0.1, 0.15) is 0 Å². The average Bonchev–Trinajstić information content (AvgIpc) is 2.61. The van der Waals surface area contributed by atoms with Crippen LogP contribution in [0.5, 0.6) is 5.75 Å². The van der Waals surface area contributed by atoms with Crippen LogP contribution in [0.3, 0.4) is 0 Å². The van der Waals surface area contributed by atoms with Crippen LogP contribution in [0.4, 0.5) is 0 Å². The summed E-state index contributed by atoms with van der Waals surface area (Å²) < 4.78 is 6.13. The summed E-state index contributed by atoms with van der Waals surface area (Å²) in [6.07, 6.45) is 3.29. The molecule has 0 spiro atoms. The number of hydrogen-bond donors (Lipinski definition) is 4. The van der Waals surface area contributed by atoms with Crippen molar-refractivity contribution < 1.29 is 24.5 Å². The maximum Gasteiger partial charge on any atom is 0.329 e. The van der Waals surface area contributed by atoms with Gasteiger partial charge < -0.3 is 26.0 Å². The summed E-state index contributed by atoms with van der Waals surface area (Å²) >= 11 is 0. The van der Waals surface area contributed by atoms with E-state index in [2.05, 4.69) is 10.3 Å². The minimum absolute atomic E-state index is 0.00278. The van der Waals surface area contributed by atoms with Gasteiger partial charge in [-0.25, -0.2) is 9.78 Å². The number of benzene rings is 1. The Kier molecular flexibility index (Phi) is 8.47. The van der Waals surface area contributed by atoms with Crippen molar-refractivity contribution in [2.24, 2.45) is 5.73 Å². The van der Waals surface area contributed by atoms with Crippen molar-refractivity contribution >= 4 is 29.0 Å². The van der Waals surface area contributed by atoms with Gasteiger partial charge in [-0.05, 0) is 18.2 Å². The normalized spacial score (nSPS) is 10.4. The third-order valence-corrected chi connectivity index (χ3v) is 2.96. The number of hydrogen-bond acceptors (Lipinski definition) is 7. The number of ether oxygens (including phenoxy) is 1. The second kappa shape index (κ2) is 10.6. The molecule has 1 aromatic heterocycles. The van der Waals surface area contributed by atoms with E-state index in [4.69, 9.17) is 20.7 Å². The van der Waals surface area contributed by atoms with Crippen molar-refractivity contribution in [2.75, 3.05) is 26.7 Å². The molecule has 2 aromatic rings. The number of carboxylic acids is 2. The van der Waals surface area contributed by atoms with Crippen LogP contribution in [-0.4, -0.2) is 58.4 Å². The zero-order valence-corrected chi connectivity index (χ0v) is 14.1. The van der Waals surface area contributed by atoms with Crippen molar-refractivity contribution in [1.29, 1.82) is 0 Å². The summed E-state index contributed by atoms with van der Waals surface area (Å²) in [6.45, 7) is 1.04. The molecule has 26 heavy (non-hydrogen) atoms. The van der Waals surface area contributed by atoms with E-state index in [1.807, 2.05) is 0 Å². The Hall–Kier alpha value is -3.24. The van der Waals surface area contributed by atoms with Gasteiger partial charge in [0.1, 0.15) is 12.1 Å². The van der Waals surface area contributed by atoms with Crippen molar-refractivity contribution in [3.63, 3.8) is 0 Å². The molecule has 0 atom stereocenters. The van der Waals surface area contributed by atoms with Gasteiger partial charge in [-0.15, -0.1) is 0 Å². The van der Waals surface area contributed by atoms with E-state index >= 15 is 0 Å². The minimum atomic E-state index is -1.13. The SMILES string of the molecule is COc1ccc2ncn(C=CC(=O)O)c(=O)c2c1.NCCNCC(=O)O. The van der Waals surface area contributed by atoms with E-state index in [1.54, 1.807) is 18.2 Å². The van der Waals surface area contributed by atoms with Crippen LogP contribution in [0.15, 0.2) is 35.4 Å². The van der Waals surface area contributed by atoms with Gasteiger partial charge in [0.2, 0.25) is 0 Å². The Bertz CT molecular complexity index is 846. The Labute approximate surface area is 148 Å². The molecule has 5 N–H and O–H groups in total. The molecule has 0 bridgehead atoms. The fraction of sp³-hybridized carbons (Fsp3) is 0.250. The molecule has 10 heteroatoms. The summed E-state index contributed by atoms with van der Waals surface area (Å²) in [6, 6.07) is 4.93. The largest absolute Gasteiger partial charge is 0.497 e. The predicted octanol–water partition coefficient (Wildman–Crippen LogP) is -0.420. The number of aliphatic carboxylic acids is 2. The molecule has 0 radical (unpaired) electrons. The van der Waals surface area contributed by atoms with Gasteiger partial charge in [-0.2, -0.15) is 0 Å². The zero-order chi connectivity index (χ0) is 19.5. The zero-order valence-electron chi connectivity index (χ0n) is 14.1. The van der Waals surface area contributed by atoms with Crippen LogP contribution >= 0.6 is 0 Å². The highest BCUT2D eigenvalue weighted by molar-refractivity contribution is 5.83. The fourth-order valence-corrected chi connectivity index (χ4v) is 1.79. The van der Waals surface area contributed by atoms with E-state index in [0.717, 1.165) is 16.8 Å². The molecule has 1 heterocycles. The third-order valence-electron chi connectivity index (χ3n) is 2.96. The molecule has 0 amide bonds. The molecule has 0 aliphatic rings. The molecule has 2 rings (SSSR count). The van der Waals surface area contributed by atoms with Crippen molar-refractivity contribution in [3.05, 3.63) is 41.0 Å². The highest BCUT2D eigenvalue weighted by Gasteiger charge is 2.04. The van der Waals surface area contributed by atoms with Gasteiger partial charge in [-0.3, -0.25) is 14.2 Å². The minimum Gasteiger partial charge on any atom is -0.497 e. The van der Waals surface area contributed by atoms with Crippen molar-refractivity contribution in [1.82, 2.24) is 14.9 Å². The number of rotatable bonds is 7. The van der Waals surface area contributed by atoms with E-state index in [0.29, 0.717) is 29.7 Å². The lowest BCUT2D eigenvalue weighted by Crippen LogP contribution is -2.27. The number of methoxy groups -OCH3 is 1. The van der Waals surface area contributed by atoms with Crippen LogP contribution in [0, 0.1) is 0 Å². The number of nitrogens with zero attached hydrogens (tertiary/aromatic N) is 2. The standard InChI is InChI=1S/C12H10N2O4.C4H10N2O2/c1-18-8-2-3-10-9(6-8)12(17)14(7-13-10)5-4-11(15)16;5-1-2-6-3-4(7)8/h2-7H,1H3,(H,15,16);6H,1-3,5H2,(H,7,8). The van der Waals surface area contributed by atoms with Crippen molar-refractivity contribution in [3.8, 4) is 5.75 Å². The molecule has 0 unspecified atom stereocenters. The fourth-order valence-electron chi connectivity index (χ4n) is 1.79. The highest BCUT2D eigenvalue weighted by Crippen LogP contribution is 2.15. The summed E-state index contributed by atoms with van der Waals surface area (Å²) in [5.41, 5.74) is 5.24. The maximum absolute atomic E-state index is 12.0. The van der Waals surface area contributed by atoms with Gasteiger partial charge >= 0.3 is 11.9 Å². The number of nitrogens with one attached hydrogen (secondary N) is 1. The van der Waals surface area contributed by atoms with E-state index in [1.165, 1.54) is 13.4 Å². The summed E-state index contributed by atoms with van der Waals surface area (Å²) in [4.78, 5) is 36.3. The Morgan fingerprint density at radius 1 is 1.38 bits per heavy atom.